The molecular weight excluding hydrogens is 200 g/mol. The van der Waals surface area contributed by atoms with Crippen molar-refractivity contribution in [2.75, 3.05) is 7.11 Å². The Morgan fingerprint density at radius 3 is 2.86 bits per heavy atom. The third kappa shape index (κ3) is 2.87. The summed E-state index contributed by atoms with van der Waals surface area (Å²) < 4.78 is 5.22. The molecule has 0 aromatic heterocycles. The molecule has 0 bridgehead atoms. The van der Waals surface area contributed by atoms with Crippen molar-refractivity contribution in [1.29, 1.82) is 0 Å². The van der Waals surface area contributed by atoms with Crippen LogP contribution in [0.3, 0.4) is 0 Å². The third-order valence-electron chi connectivity index (χ3n) is 2.05. The molecule has 4 heteroatoms. The van der Waals surface area contributed by atoms with E-state index in [9.17, 15) is 0 Å². The maximum absolute atomic E-state index is 5.89. The second-order valence-electron chi connectivity index (χ2n) is 3.23. The Bertz CT molecular complexity index is 304. The Morgan fingerprint density at radius 2 is 2.29 bits per heavy atom. The number of halogens is 1. The van der Waals surface area contributed by atoms with Crippen molar-refractivity contribution in [3.63, 3.8) is 0 Å². The van der Waals surface area contributed by atoms with E-state index < -0.39 is 0 Å². The average molecular weight is 215 g/mol. The summed E-state index contributed by atoms with van der Waals surface area (Å²) >= 11 is 5.89. The number of benzene rings is 1. The van der Waals surface area contributed by atoms with Gasteiger partial charge in [0.25, 0.3) is 0 Å². The van der Waals surface area contributed by atoms with Gasteiger partial charge in [-0.15, -0.1) is 0 Å². The summed E-state index contributed by atoms with van der Waals surface area (Å²) in [4.78, 5) is 0. The molecule has 0 aliphatic carbocycles. The second-order valence-corrected chi connectivity index (χ2v) is 3.66. The zero-order chi connectivity index (χ0) is 10.6. The fourth-order valence-electron chi connectivity index (χ4n) is 1.30. The van der Waals surface area contributed by atoms with Crippen molar-refractivity contribution >= 4 is 11.6 Å². The van der Waals surface area contributed by atoms with Crippen molar-refractivity contribution in [2.45, 2.75) is 19.4 Å². The van der Waals surface area contributed by atoms with Crippen LogP contribution in [0.1, 0.15) is 12.5 Å². The van der Waals surface area contributed by atoms with E-state index in [2.05, 4.69) is 5.43 Å². The molecule has 0 saturated heterocycles. The Kier molecular flexibility index (Phi) is 4.20. The largest absolute Gasteiger partial charge is 0.496 e. The molecule has 3 nitrogen and oxygen atoms in total. The van der Waals surface area contributed by atoms with Gasteiger partial charge in [0.1, 0.15) is 5.75 Å². The van der Waals surface area contributed by atoms with E-state index in [0.29, 0.717) is 5.02 Å². The van der Waals surface area contributed by atoms with E-state index in [4.69, 9.17) is 22.2 Å². The van der Waals surface area contributed by atoms with Crippen LogP contribution in [0.25, 0.3) is 0 Å². The van der Waals surface area contributed by atoms with Gasteiger partial charge in [0.2, 0.25) is 0 Å². The number of ether oxygens (including phenoxy) is 1. The Balaban J connectivity index is 2.87. The average Bonchev–Trinajstić information content (AvgIpc) is 2.18. The van der Waals surface area contributed by atoms with Gasteiger partial charge in [-0.25, -0.2) is 0 Å². The molecule has 0 aliphatic heterocycles. The standard InChI is InChI=1S/C10H15ClN2O/c1-7(13-12)5-8-6-9(11)3-4-10(8)14-2/h3-4,6-7,13H,5,12H2,1-2H3. The van der Waals surface area contributed by atoms with E-state index in [-0.39, 0.29) is 6.04 Å². The first-order valence-electron chi connectivity index (χ1n) is 4.46. The van der Waals surface area contributed by atoms with Gasteiger partial charge < -0.3 is 4.74 Å². The van der Waals surface area contributed by atoms with Crippen LogP contribution in [0.2, 0.25) is 5.02 Å². The van der Waals surface area contributed by atoms with Crippen LogP contribution >= 0.6 is 11.6 Å². The topological polar surface area (TPSA) is 47.3 Å². The number of rotatable bonds is 4. The molecule has 3 N–H and O–H groups in total. The van der Waals surface area contributed by atoms with Crippen LogP contribution in [-0.2, 0) is 6.42 Å². The molecule has 0 radical (unpaired) electrons. The Morgan fingerprint density at radius 1 is 1.57 bits per heavy atom. The maximum Gasteiger partial charge on any atom is 0.122 e. The molecule has 0 saturated carbocycles. The number of hydrogen-bond acceptors (Lipinski definition) is 3. The molecule has 0 heterocycles. The molecule has 1 rings (SSSR count). The fourth-order valence-corrected chi connectivity index (χ4v) is 1.49. The molecule has 0 fully saturated rings. The minimum atomic E-state index is 0.197. The quantitative estimate of drug-likeness (QED) is 0.593. The summed E-state index contributed by atoms with van der Waals surface area (Å²) in [5, 5.41) is 0.713. The molecule has 14 heavy (non-hydrogen) atoms. The van der Waals surface area contributed by atoms with Crippen molar-refractivity contribution < 1.29 is 4.74 Å². The minimum absolute atomic E-state index is 0.197. The zero-order valence-electron chi connectivity index (χ0n) is 8.38. The molecule has 1 aromatic rings. The highest BCUT2D eigenvalue weighted by molar-refractivity contribution is 6.30. The number of methoxy groups -OCH3 is 1. The monoisotopic (exact) mass is 214 g/mol. The number of hydrogen-bond donors (Lipinski definition) is 2. The van der Waals surface area contributed by atoms with E-state index in [1.165, 1.54) is 0 Å². The number of hydrazine groups is 1. The van der Waals surface area contributed by atoms with Gasteiger partial charge in [-0.1, -0.05) is 11.6 Å². The third-order valence-corrected chi connectivity index (χ3v) is 2.29. The van der Waals surface area contributed by atoms with Gasteiger partial charge in [0, 0.05) is 11.1 Å². The van der Waals surface area contributed by atoms with E-state index in [0.717, 1.165) is 17.7 Å². The predicted molar refractivity (Wildman–Crippen MR) is 58.5 cm³/mol. The molecule has 0 amide bonds. The van der Waals surface area contributed by atoms with Crippen molar-refractivity contribution in [3.8, 4) is 5.75 Å². The highest BCUT2D eigenvalue weighted by atomic mass is 35.5. The van der Waals surface area contributed by atoms with Crippen LogP contribution in [-0.4, -0.2) is 13.2 Å². The molecule has 1 atom stereocenters. The molecule has 0 aliphatic rings. The van der Waals surface area contributed by atoms with Crippen LogP contribution in [0, 0.1) is 0 Å². The van der Waals surface area contributed by atoms with Gasteiger partial charge in [-0.2, -0.15) is 0 Å². The highest BCUT2D eigenvalue weighted by Crippen LogP contribution is 2.23. The fraction of sp³-hybridized carbons (Fsp3) is 0.400. The van der Waals surface area contributed by atoms with E-state index >= 15 is 0 Å². The number of nitrogens with two attached hydrogens (primary N) is 1. The van der Waals surface area contributed by atoms with Gasteiger partial charge in [0.15, 0.2) is 0 Å². The summed E-state index contributed by atoms with van der Waals surface area (Å²) in [6.45, 7) is 2.00. The van der Waals surface area contributed by atoms with Crippen LogP contribution in [0.5, 0.6) is 5.75 Å². The predicted octanol–water partition coefficient (Wildman–Crippen LogP) is 1.74. The van der Waals surface area contributed by atoms with Gasteiger partial charge in [-0.05, 0) is 37.1 Å². The normalized spacial score (nSPS) is 12.6. The summed E-state index contributed by atoms with van der Waals surface area (Å²) in [6, 6.07) is 5.77. The first kappa shape index (κ1) is 11.3. The molecular formula is C10H15ClN2O. The number of nitrogens with one attached hydrogen (secondary N) is 1. The first-order valence-corrected chi connectivity index (χ1v) is 4.83. The summed E-state index contributed by atoms with van der Waals surface area (Å²) in [5.41, 5.74) is 3.75. The second kappa shape index (κ2) is 5.20. The van der Waals surface area contributed by atoms with Gasteiger partial charge >= 0.3 is 0 Å². The summed E-state index contributed by atoms with van der Waals surface area (Å²) in [6.07, 6.45) is 0.792. The smallest absolute Gasteiger partial charge is 0.122 e. The lowest BCUT2D eigenvalue weighted by Crippen LogP contribution is -2.34. The molecule has 1 aromatic carbocycles. The lowest BCUT2D eigenvalue weighted by Gasteiger charge is -2.13. The molecule has 78 valence electrons. The molecule has 1 unspecified atom stereocenters. The van der Waals surface area contributed by atoms with Gasteiger partial charge in [-0.3, -0.25) is 11.3 Å². The van der Waals surface area contributed by atoms with E-state index in [1.807, 2.05) is 25.1 Å². The van der Waals surface area contributed by atoms with Crippen LogP contribution in [0.4, 0.5) is 0 Å². The van der Waals surface area contributed by atoms with Crippen molar-refractivity contribution in [2.24, 2.45) is 5.84 Å². The van der Waals surface area contributed by atoms with Crippen LogP contribution < -0.4 is 16.0 Å². The highest BCUT2D eigenvalue weighted by Gasteiger charge is 2.07. The minimum Gasteiger partial charge on any atom is -0.496 e. The zero-order valence-corrected chi connectivity index (χ0v) is 9.14. The Labute approximate surface area is 89.2 Å². The molecule has 0 spiro atoms. The van der Waals surface area contributed by atoms with Crippen LogP contribution in [0.15, 0.2) is 18.2 Å². The van der Waals surface area contributed by atoms with Gasteiger partial charge in [0.05, 0.1) is 7.11 Å². The lowest BCUT2D eigenvalue weighted by atomic mass is 10.1. The summed E-state index contributed by atoms with van der Waals surface area (Å²) in [5.74, 6) is 6.17. The maximum atomic E-state index is 5.89. The van der Waals surface area contributed by atoms with Crippen molar-refractivity contribution in [3.05, 3.63) is 28.8 Å². The first-order chi connectivity index (χ1) is 6.67. The van der Waals surface area contributed by atoms with E-state index in [1.54, 1.807) is 7.11 Å². The lowest BCUT2D eigenvalue weighted by molar-refractivity contribution is 0.406. The van der Waals surface area contributed by atoms with Crippen molar-refractivity contribution in [1.82, 2.24) is 5.43 Å². The summed E-state index contributed by atoms with van der Waals surface area (Å²) in [7, 11) is 1.65. The SMILES string of the molecule is COc1ccc(Cl)cc1CC(C)NN. The Hall–Kier alpha value is -0.770.